The lowest BCUT2D eigenvalue weighted by Crippen LogP contribution is -2.43. The number of carbonyl (C=O) groups is 1. The minimum absolute atomic E-state index is 0.147. The van der Waals surface area contributed by atoms with Crippen LogP contribution < -0.4 is 18.9 Å². The topological polar surface area (TPSA) is 57.2 Å². The van der Waals surface area contributed by atoms with E-state index in [0.29, 0.717) is 37.0 Å². The number of carbonyl (C=O) groups excluding carboxylic acids is 1. The molecule has 0 N–H and O–H groups in total. The van der Waals surface area contributed by atoms with E-state index >= 15 is 0 Å². The number of nitrogens with zero attached hydrogens (tertiary/aromatic N) is 1. The van der Waals surface area contributed by atoms with Crippen LogP contribution in [0, 0.1) is 5.92 Å². The highest BCUT2D eigenvalue weighted by atomic mass is 16.5. The Labute approximate surface area is 178 Å². The number of methoxy groups -OCH3 is 3. The number of ether oxygens (including phenoxy) is 4. The van der Waals surface area contributed by atoms with E-state index in [9.17, 15) is 4.79 Å². The summed E-state index contributed by atoms with van der Waals surface area (Å²) in [5.41, 5.74) is 2.20. The molecule has 0 spiro atoms. The maximum Gasteiger partial charge on any atom is 0.223 e. The SMILES string of the molecule is COc1ccc(OC[C@@H]2c3cc(OC)c(OC)cc3CCN2C(=O)CC(C)C)cc1. The molecule has 0 fully saturated rings. The summed E-state index contributed by atoms with van der Waals surface area (Å²) in [6.45, 7) is 5.14. The summed E-state index contributed by atoms with van der Waals surface area (Å²) >= 11 is 0. The second-order valence-electron chi connectivity index (χ2n) is 7.84. The van der Waals surface area contributed by atoms with Gasteiger partial charge in [-0.1, -0.05) is 13.8 Å². The van der Waals surface area contributed by atoms with Gasteiger partial charge in [0.1, 0.15) is 18.1 Å². The molecule has 0 saturated heterocycles. The molecule has 6 nitrogen and oxygen atoms in total. The summed E-state index contributed by atoms with van der Waals surface area (Å²) in [6, 6.07) is 11.3. The van der Waals surface area contributed by atoms with Gasteiger partial charge in [-0.05, 0) is 59.9 Å². The van der Waals surface area contributed by atoms with E-state index in [0.717, 1.165) is 29.0 Å². The van der Waals surface area contributed by atoms with Crippen LogP contribution in [0.2, 0.25) is 0 Å². The third kappa shape index (κ3) is 4.81. The van der Waals surface area contributed by atoms with Gasteiger partial charge >= 0.3 is 0 Å². The van der Waals surface area contributed by atoms with Crippen LogP contribution in [-0.2, 0) is 11.2 Å². The highest BCUT2D eigenvalue weighted by Gasteiger charge is 2.33. The van der Waals surface area contributed by atoms with Crippen LogP contribution >= 0.6 is 0 Å². The summed E-state index contributed by atoms with van der Waals surface area (Å²) in [4.78, 5) is 14.9. The fourth-order valence-electron chi connectivity index (χ4n) is 3.82. The molecule has 3 rings (SSSR count). The van der Waals surface area contributed by atoms with Gasteiger partial charge in [-0.2, -0.15) is 0 Å². The smallest absolute Gasteiger partial charge is 0.223 e. The minimum Gasteiger partial charge on any atom is -0.497 e. The molecule has 2 aromatic carbocycles. The number of rotatable bonds is 8. The van der Waals surface area contributed by atoms with Crippen molar-refractivity contribution in [3.63, 3.8) is 0 Å². The minimum atomic E-state index is -0.193. The fraction of sp³-hybridized carbons (Fsp3) is 0.458. The van der Waals surface area contributed by atoms with Crippen molar-refractivity contribution in [3.8, 4) is 23.0 Å². The highest BCUT2D eigenvalue weighted by Crippen LogP contribution is 2.39. The van der Waals surface area contributed by atoms with Gasteiger partial charge in [0, 0.05) is 13.0 Å². The van der Waals surface area contributed by atoms with Gasteiger partial charge in [-0.3, -0.25) is 4.79 Å². The van der Waals surface area contributed by atoms with Gasteiger partial charge < -0.3 is 23.8 Å². The molecule has 1 aliphatic rings. The van der Waals surface area contributed by atoms with Gasteiger partial charge in [-0.25, -0.2) is 0 Å². The maximum atomic E-state index is 13.0. The number of fused-ring (bicyclic) bond motifs is 1. The summed E-state index contributed by atoms with van der Waals surface area (Å²) < 4.78 is 22.3. The predicted molar refractivity (Wildman–Crippen MR) is 116 cm³/mol. The van der Waals surface area contributed by atoms with Crippen LogP contribution in [0.4, 0.5) is 0 Å². The number of hydrogen-bond donors (Lipinski definition) is 0. The second-order valence-corrected chi connectivity index (χ2v) is 7.84. The number of benzene rings is 2. The van der Waals surface area contributed by atoms with Crippen molar-refractivity contribution in [1.29, 1.82) is 0 Å². The maximum absolute atomic E-state index is 13.0. The van der Waals surface area contributed by atoms with E-state index in [1.165, 1.54) is 0 Å². The molecule has 0 aliphatic carbocycles. The number of amides is 1. The van der Waals surface area contributed by atoms with Crippen molar-refractivity contribution in [1.82, 2.24) is 4.90 Å². The van der Waals surface area contributed by atoms with E-state index in [2.05, 4.69) is 13.8 Å². The van der Waals surface area contributed by atoms with Crippen LogP contribution in [0.1, 0.15) is 37.4 Å². The molecule has 0 saturated carbocycles. The van der Waals surface area contributed by atoms with Crippen LogP contribution in [0.25, 0.3) is 0 Å². The largest absolute Gasteiger partial charge is 0.497 e. The summed E-state index contributed by atoms with van der Waals surface area (Å²) in [5.74, 6) is 3.31. The van der Waals surface area contributed by atoms with Crippen LogP contribution in [-0.4, -0.2) is 45.3 Å². The third-order valence-electron chi connectivity index (χ3n) is 5.37. The van der Waals surface area contributed by atoms with Gasteiger partial charge in [0.15, 0.2) is 11.5 Å². The standard InChI is InChI=1S/C24H31NO5/c1-16(2)12-24(26)25-11-10-17-13-22(28-4)23(29-5)14-20(17)21(25)15-30-19-8-6-18(27-3)7-9-19/h6-9,13-14,16,21H,10-12,15H2,1-5H3/t21-/m1/s1. The Hall–Kier alpha value is -2.89. The molecule has 6 heteroatoms. The zero-order valence-corrected chi connectivity index (χ0v) is 18.4. The van der Waals surface area contributed by atoms with E-state index in [4.69, 9.17) is 18.9 Å². The zero-order chi connectivity index (χ0) is 21.7. The first-order valence-corrected chi connectivity index (χ1v) is 10.3. The van der Waals surface area contributed by atoms with E-state index < -0.39 is 0 Å². The van der Waals surface area contributed by atoms with Crippen LogP contribution in [0.15, 0.2) is 36.4 Å². The lowest BCUT2D eigenvalue weighted by Gasteiger charge is -2.38. The van der Waals surface area contributed by atoms with Gasteiger partial charge in [-0.15, -0.1) is 0 Å². The van der Waals surface area contributed by atoms with Crippen molar-refractivity contribution < 1.29 is 23.7 Å². The van der Waals surface area contributed by atoms with Crippen LogP contribution in [0.5, 0.6) is 23.0 Å². The molecular weight excluding hydrogens is 382 g/mol. The molecule has 1 amide bonds. The van der Waals surface area contributed by atoms with E-state index in [1.807, 2.05) is 41.3 Å². The summed E-state index contributed by atoms with van der Waals surface area (Å²) in [7, 11) is 4.89. The molecule has 30 heavy (non-hydrogen) atoms. The fourth-order valence-corrected chi connectivity index (χ4v) is 3.82. The first kappa shape index (κ1) is 21.8. The third-order valence-corrected chi connectivity index (χ3v) is 5.37. The summed E-state index contributed by atoms with van der Waals surface area (Å²) in [6.07, 6.45) is 1.29. The zero-order valence-electron chi connectivity index (χ0n) is 18.4. The van der Waals surface area contributed by atoms with Crippen molar-refractivity contribution in [3.05, 3.63) is 47.5 Å². The molecule has 0 radical (unpaired) electrons. The average Bonchev–Trinajstić information content (AvgIpc) is 2.76. The lowest BCUT2D eigenvalue weighted by atomic mass is 9.91. The molecule has 162 valence electrons. The van der Waals surface area contributed by atoms with Gasteiger partial charge in [0.2, 0.25) is 5.91 Å². The van der Waals surface area contributed by atoms with Crippen molar-refractivity contribution in [2.24, 2.45) is 5.92 Å². The second kappa shape index (κ2) is 9.74. The highest BCUT2D eigenvalue weighted by molar-refractivity contribution is 5.77. The Kier molecular flexibility index (Phi) is 7.08. The molecule has 2 aromatic rings. The van der Waals surface area contributed by atoms with Gasteiger partial charge in [0.25, 0.3) is 0 Å². The lowest BCUT2D eigenvalue weighted by molar-refractivity contribution is -0.135. The monoisotopic (exact) mass is 413 g/mol. The quantitative estimate of drug-likeness (QED) is 0.647. The van der Waals surface area contributed by atoms with Crippen molar-refractivity contribution in [2.75, 3.05) is 34.5 Å². The molecular formula is C24H31NO5. The molecule has 0 aromatic heterocycles. The normalized spacial score (nSPS) is 15.5. The van der Waals surface area contributed by atoms with Crippen molar-refractivity contribution >= 4 is 5.91 Å². The van der Waals surface area contributed by atoms with Crippen LogP contribution in [0.3, 0.4) is 0 Å². The Bertz CT molecular complexity index is 863. The molecule has 0 unspecified atom stereocenters. The summed E-state index contributed by atoms with van der Waals surface area (Å²) in [5, 5.41) is 0. The molecule has 1 aliphatic heterocycles. The molecule has 1 atom stereocenters. The number of hydrogen-bond acceptors (Lipinski definition) is 5. The molecule has 1 heterocycles. The first-order chi connectivity index (χ1) is 14.5. The Morgan fingerprint density at radius 2 is 1.63 bits per heavy atom. The predicted octanol–water partition coefficient (Wildman–Crippen LogP) is 4.26. The van der Waals surface area contributed by atoms with E-state index in [1.54, 1.807) is 21.3 Å². The average molecular weight is 414 g/mol. The Morgan fingerprint density at radius 3 is 2.23 bits per heavy atom. The Morgan fingerprint density at radius 1 is 1.00 bits per heavy atom. The van der Waals surface area contributed by atoms with Crippen molar-refractivity contribution in [2.45, 2.75) is 32.7 Å². The first-order valence-electron chi connectivity index (χ1n) is 10.3. The van der Waals surface area contributed by atoms with E-state index in [-0.39, 0.29) is 11.9 Å². The van der Waals surface area contributed by atoms with Gasteiger partial charge in [0.05, 0.1) is 27.4 Å². The Balaban J connectivity index is 1.91. The molecule has 0 bridgehead atoms.